The van der Waals surface area contributed by atoms with E-state index in [9.17, 15) is 9.90 Å². The molecule has 0 spiro atoms. The first kappa shape index (κ1) is 11.5. The molecular formula is C11H12BrNO3. The minimum absolute atomic E-state index is 0.257. The number of nitrogens with zero attached hydrogens (tertiary/aromatic N) is 1. The van der Waals surface area contributed by atoms with Gasteiger partial charge in [-0.05, 0) is 47.3 Å². The van der Waals surface area contributed by atoms with E-state index >= 15 is 0 Å². The lowest BCUT2D eigenvalue weighted by Gasteiger charge is -2.20. The van der Waals surface area contributed by atoms with Gasteiger partial charge in [-0.1, -0.05) is 0 Å². The number of aryl methyl sites for hydroxylation is 1. The molecule has 1 heterocycles. The highest BCUT2D eigenvalue weighted by Gasteiger charge is 2.46. The fourth-order valence-corrected chi connectivity index (χ4v) is 2.31. The Morgan fingerprint density at radius 1 is 1.75 bits per heavy atom. The van der Waals surface area contributed by atoms with Crippen molar-refractivity contribution in [3.63, 3.8) is 0 Å². The molecule has 0 bridgehead atoms. The molecule has 1 N–H and O–H groups in total. The molecule has 0 radical (unpaired) electrons. The number of halogens is 1. The summed E-state index contributed by atoms with van der Waals surface area (Å²) in [6.45, 7) is 1.97. The van der Waals surface area contributed by atoms with Crippen molar-refractivity contribution >= 4 is 21.9 Å². The topological polar surface area (TPSA) is 59.4 Å². The zero-order chi connectivity index (χ0) is 11.8. The van der Waals surface area contributed by atoms with Crippen LogP contribution in [0.15, 0.2) is 16.7 Å². The first-order chi connectivity index (χ1) is 7.58. The lowest BCUT2D eigenvalue weighted by atomic mass is 10.0. The van der Waals surface area contributed by atoms with E-state index < -0.39 is 11.6 Å². The summed E-state index contributed by atoms with van der Waals surface area (Å²) in [6.07, 6.45) is 2.55. The number of aliphatic hydroxyl groups is 1. The zero-order valence-corrected chi connectivity index (χ0v) is 10.5. The van der Waals surface area contributed by atoms with E-state index in [1.807, 2.05) is 6.07 Å². The Labute approximate surface area is 102 Å². The third-order valence-corrected chi connectivity index (χ3v) is 3.13. The molecule has 0 saturated heterocycles. The quantitative estimate of drug-likeness (QED) is 0.838. The van der Waals surface area contributed by atoms with Crippen LogP contribution in [0.3, 0.4) is 0 Å². The summed E-state index contributed by atoms with van der Waals surface area (Å²) in [5.41, 5.74) is -0.245. The number of carbonyl (C=O) groups is 1. The van der Waals surface area contributed by atoms with Gasteiger partial charge in [0.1, 0.15) is 0 Å². The van der Waals surface area contributed by atoms with Gasteiger partial charge in [0.2, 0.25) is 5.60 Å². The van der Waals surface area contributed by atoms with Crippen LogP contribution in [-0.2, 0) is 21.6 Å². The molecule has 1 atom stereocenters. The first-order valence-corrected chi connectivity index (χ1v) is 5.91. The van der Waals surface area contributed by atoms with Crippen LogP contribution in [0.5, 0.6) is 0 Å². The highest BCUT2D eigenvalue weighted by Crippen LogP contribution is 2.37. The average Bonchev–Trinajstić information content (AvgIpc) is 2.58. The van der Waals surface area contributed by atoms with E-state index in [1.165, 1.54) is 0 Å². The van der Waals surface area contributed by atoms with Crippen molar-refractivity contribution in [3.8, 4) is 0 Å². The van der Waals surface area contributed by atoms with Crippen molar-refractivity contribution < 1.29 is 14.6 Å². The first-order valence-electron chi connectivity index (χ1n) is 5.12. The maximum absolute atomic E-state index is 11.7. The van der Waals surface area contributed by atoms with Crippen molar-refractivity contribution in [3.05, 3.63) is 28.0 Å². The molecule has 86 valence electrons. The highest BCUT2D eigenvalue weighted by molar-refractivity contribution is 9.10. The summed E-state index contributed by atoms with van der Waals surface area (Å²) in [7, 11) is 0. The molecule has 1 aliphatic rings. The van der Waals surface area contributed by atoms with Crippen LogP contribution in [-0.4, -0.2) is 22.7 Å². The van der Waals surface area contributed by atoms with Gasteiger partial charge in [-0.3, -0.25) is 4.98 Å². The monoisotopic (exact) mass is 285 g/mol. The van der Waals surface area contributed by atoms with E-state index in [2.05, 4.69) is 20.9 Å². The predicted octanol–water partition coefficient (Wildman–Crippen LogP) is 1.54. The summed E-state index contributed by atoms with van der Waals surface area (Å²) >= 11 is 3.31. The van der Waals surface area contributed by atoms with Crippen molar-refractivity contribution in [1.82, 2.24) is 4.98 Å². The number of fused-ring (bicyclic) bond motifs is 1. The molecule has 0 amide bonds. The summed E-state index contributed by atoms with van der Waals surface area (Å²) in [5, 5.41) is 10.3. The van der Waals surface area contributed by atoms with E-state index in [1.54, 1.807) is 13.1 Å². The minimum Gasteiger partial charge on any atom is -0.464 e. The summed E-state index contributed by atoms with van der Waals surface area (Å²) in [4.78, 5) is 15.8. The average molecular weight is 286 g/mol. The Balaban J connectivity index is 2.38. The maximum atomic E-state index is 11.7. The number of ether oxygens (including phenoxy) is 1. The molecule has 1 aliphatic carbocycles. The number of aromatic nitrogens is 1. The van der Waals surface area contributed by atoms with Gasteiger partial charge >= 0.3 is 5.97 Å². The minimum atomic E-state index is -1.56. The van der Waals surface area contributed by atoms with Crippen LogP contribution in [0, 0.1) is 0 Å². The van der Waals surface area contributed by atoms with Crippen LogP contribution in [0.4, 0.5) is 0 Å². The third kappa shape index (κ3) is 1.74. The van der Waals surface area contributed by atoms with Crippen molar-refractivity contribution in [2.24, 2.45) is 0 Å². The molecule has 0 unspecified atom stereocenters. The second-order valence-electron chi connectivity index (χ2n) is 3.74. The van der Waals surface area contributed by atoms with Gasteiger partial charge in [0.15, 0.2) is 0 Å². The Hall–Kier alpha value is -0.940. The fourth-order valence-electron chi connectivity index (χ4n) is 1.93. The molecule has 0 aromatic carbocycles. The van der Waals surface area contributed by atoms with Gasteiger partial charge in [-0.2, -0.15) is 0 Å². The van der Waals surface area contributed by atoms with Crippen LogP contribution in [0.25, 0.3) is 0 Å². The number of hydrogen-bond donors (Lipinski definition) is 1. The lowest BCUT2D eigenvalue weighted by Crippen LogP contribution is -2.35. The smallest absolute Gasteiger partial charge is 0.344 e. The van der Waals surface area contributed by atoms with E-state index in [0.717, 1.165) is 10.0 Å². The summed E-state index contributed by atoms with van der Waals surface area (Å²) < 4.78 is 5.72. The normalized spacial score (nSPS) is 22.9. The van der Waals surface area contributed by atoms with Crippen molar-refractivity contribution in [2.45, 2.75) is 25.4 Å². The zero-order valence-electron chi connectivity index (χ0n) is 8.86. The van der Waals surface area contributed by atoms with E-state index in [-0.39, 0.29) is 6.61 Å². The second-order valence-corrected chi connectivity index (χ2v) is 4.66. The third-order valence-electron chi connectivity index (χ3n) is 2.69. The van der Waals surface area contributed by atoms with Gasteiger partial charge in [-0.15, -0.1) is 0 Å². The number of hydrogen-bond acceptors (Lipinski definition) is 4. The standard InChI is InChI=1S/C11H12BrNO3/c1-2-16-10(14)11(15)4-3-7-5-8(12)6-13-9(7)11/h5-6,15H,2-4H2,1H3/t11-/m0/s1. The molecule has 0 saturated carbocycles. The molecule has 0 aliphatic heterocycles. The maximum Gasteiger partial charge on any atom is 0.344 e. The van der Waals surface area contributed by atoms with Crippen LogP contribution >= 0.6 is 15.9 Å². The summed E-state index contributed by atoms with van der Waals surface area (Å²) in [6, 6.07) is 1.87. The van der Waals surface area contributed by atoms with Gasteiger partial charge in [0.25, 0.3) is 0 Å². The Morgan fingerprint density at radius 2 is 2.50 bits per heavy atom. The van der Waals surface area contributed by atoms with Gasteiger partial charge < -0.3 is 9.84 Å². The van der Waals surface area contributed by atoms with E-state index in [4.69, 9.17) is 4.74 Å². The number of esters is 1. The van der Waals surface area contributed by atoms with Gasteiger partial charge in [0, 0.05) is 10.7 Å². The van der Waals surface area contributed by atoms with Gasteiger partial charge in [0.05, 0.1) is 12.3 Å². The van der Waals surface area contributed by atoms with Gasteiger partial charge in [-0.25, -0.2) is 4.79 Å². The number of pyridine rings is 1. The van der Waals surface area contributed by atoms with Crippen LogP contribution in [0.1, 0.15) is 24.6 Å². The Morgan fingerprint density at radius 3 is 3.19 bits per heavy atom. The van der Waals surface area contributed by atoms with E-state index in [0.29, 0.717) is 18.5 Å². The fraction of sp³-hybridized carbons (Fsp3) is 0.455. The molecule has 16 heavy (non-hydrogen) atoms. The molecule has 5 heteroatoms. The largest absolute Gasteiger partial charge is 0.464 e. The highest BCUT2D eigenvalue weighted by atomic mass is 79.9. The van der Waals surface area contributed by atoms with Crippen molar-refractivity contribution in [2.75, 3.05) is 6.61 Å². The number of rotatable bonds is 2. The SMILES string of the molecule is CCOC(=O)[C@]1(O)CCc2cc(Br)cnc21. The Kier molecular flexibility index (Phi) is 2.99. The molecule has 1 aromatic rings. The van der Waals surface area contributed by atoms with Crippen LogP contribution in [0.2, 0.25) is 0 Å². The number of carbonyl (C=O) groups excluding carboxylic acids is 1. The molecule has 1 aromatic heterocycles. The van der Waals surface area contributed by atoms with Crippen LogP contribution < -0.4 is 0 Å². The second kappa shape index (κ2) is 4.14. The molecule has 4 nitrogen and oxygen atoms in total. The lowest BCUT2D eigenvalue weighted by molar-refractivity contribution is -0.166. The molecular weight excluding hydrogens is 274 g/mol. The molecule has 0 fully saturated rings. The van der Waals surface area contributed by atoms with Crippen molar-refractivity contribution in [1.29, 1.82) is 0 Å². The molecule has 2 rings (SSSR count). The predicted molar refractivity (Wildman–Crippen MR) is 60.8 cm³/mol. The summed E-state index contributed by atoms with van der Waals surface area (Å²) in [5.74, 6) is -0.608. The Bertz CT molecular complexity index is 435.